The van der Waals surface area contributed by atoms with Gasteiger partial charge in [0.25, 0.3) is 0 Å². The fourth-order valence-electron chi connectivity index (χ4n) is 2.90. The van der Waals surface area contributed by atoms with Crippen LogP contribution >= 0.6 is 0 Å². The number of phenols is 2. The summed E-state index contributed by atoms with van der Waals surface area (Å²) >= 11 is 0. The molecule has 2 aromatic carbocycles. The lowest BCUT2D eigenvalue weighted by Crippen LogP contribution is -3.00. The van der Waals surface area contributed by atoms with Crippen molar-refractivity contribution < 1.29 is 71.9 Å². The van der Waals surface area contributed by atoms with E-state index in [1.54, 1.807) is 36.4 Å². The van der Waals surface area contributed by atoms with Crippen LogP contribution in [0.2, 0.25) is 0 Å². The molecule has 7 heteroatoms. The van der Waals surface area contributed by atoms with Gasteiger partial charge >= 0.3 is 0 Å². The first-order chi connectivity index (χ1) is 11.9. The maximum atomic E-state index is 12.9. The minimum absolute atomic E-state index is 0. The van der Waals surface area contributed by atoms with Gasteiger partial charge in [-0.1, -0.05) is 0 Å². The molecule has 0 aromatic heterocycles. The summed E-state index contributed by atoms with van der Waals surface area (Å²) < 4.78 is 1.30. The molecule has 2 N–H and O–H groups in total. The van der Waals surface area contributed by atoms with Crippen LogP contribution in [0.15, 0.2) is 36.4 Å². The topological polar surface area (TPSA) is 57.5 Å². The van der Waals surface area contributed by atoms with E-state index in [4.69, 9.17) is 0 Å². The number of carbonyl (C=O) groups excluding carboxylic acids is 1. The summed E-state index contributed by atoms with van der Waals surface area (Å²) in [5.41, 5.74) is 2.56. The summed E-state index contributed by atoms with van der Waals surface area (Å²) in [6.45, 7) is 1.24. The molecule has 2 rings (SSSR count). The van der Waals surface area contributed by atoms with Gasteiger partial charge in [0.15, 0.2) is 5.78 Å². The number of phenolic OH excluding ortho intramolecular Hbond substituents is 2. The molecule has 0 saturated heterocycles. The summed E-state index contributed by atoms with van der Waals surface area (Å²) in [4.78, 5) is 12.9. The molecule has 0 heterocycles. The van der Waals surface area contributed by atoms with Crippen molar-refractivity contribution in [3.63, 3.8) is 0 Å². The SMILES string of the molecule is C[N+](C)(C)Cc1cc(C(=O)c2ccc(O)c(C[N+](C)(C)C)c2)ccc1O.[I-].[I-]. The first-order valence-electron chi connectivity index (χ1n) is 8.65. The van der Waals surface area contributed by atoms with E-state index in [-0.39, 0.29) is 65.2 Å². The summed E-state index contributed by atoms with van der Waals surface area (Å²) in [6, 6.07) is 9.95. The van der Waals surface area contributed by atoms with Gasteiger partial charge in [-0.05, 0) is 36.4 Å². The van der Waals surface area contributed by atoms with Crippen LogP contribution in [0.3, 0.4) is 0 Å². The quantitative estimate of drug-likeness (QED) is 0.205. The second kappa shape index (κ2) is 10.2. The Morgan fingerprint density at radius 3 is 1.32 bits per heavy atom. The van der Waals surface area contributed by atoms with E-state index in [0.29, 0.717) is 33.2 Å². The highest BCUT2D eigenvalue weighted by molar-refractivity contribution is 6.09. The van der Waals surface area contributed by atoms with Crippen molar-refractivity contribution in [2.45, 2.75) is 13.1 Å². The number of carbonyl (C=O) groups is 1. The fourth-order valence-corrected chi connectivity index (χ4v) is 2.90. The Morgan fingerprint density at radius 2 is 1.04 bits per heavy atom. The highest BCUT2D eigenvalue weighted by Gasteiger charge is 2.19. The molecule has 2 aromatic rings. The molecule has 0 bridgehead atoms. The molecule has 28 heavy (non-hydrogen) atoms. The average Bonchev–Trinajstić information content (AvgIpc) is 2.48. The third kappa shape index (κ3) is 7.84. The van der Waals surface area contributed by atoms with Gasteiger partial charge in [-0.3, -0.25) is 4.79 Å². The van der Waals surface area contributed by atoms with Crippen molar-refractivity contribution in [1.82, 2.24) is 0 Å². The zero-order valence-corrected chi connectivity index (χ0v) is 21.6. The van der Waals surface area contributed by atoms with E-state index < -0.39 is 0 Å². The first kappa shape index (κ1) is 27.1. The van der Waals surface area contributed by atoms with E-state index in [2.05, 4.69) is 0 Å². The minimum atomic E-state index is -0.115. The lowest BCUT2D eigenvalue weighted by Gasteiger charge is -2.25. The average molecular weight is 612 g/mol. The molecule has 5 nitrogen and oxygen atoms in total. The zero-order chi connectivity index (χ0) is 19.7. The molecule has 0 fully saturated rings. The molecule has 0 aliphatic heterocycles. The molecular weight excluding hydrogens is 582 g/mol. The smallest absolute Gasteiger partial charge is 0.193 e. The van der Waals surface area contributed by atoms with Crippen LogP contribution in [0.4, 0.5) is 0 Å². The van der Waals surface area contributed by atoms with Gasteiger partial charge in [0.2, 0.25) is 0 Å². The Morgan fingerprint density at radius 1 is 0.714 bits per heavy atom. The second-order valence-electron chi connectivity index (χ2n) is 8.91. The van der Waals surface area contributed by atoms with E-state index in [0.717, 1.165) is 11.1 Å². The van der Waals surface area contributed by atoms with Crippen molar-refractivity contribution in [2.24, 2.45) is 0 Å². The van der Waals surface area contributed by atoms with Gasteiger partial charge in [0.05, 0.1) is 42.3 Å². The van der Waals surface area contributed by atoms with Crippen molar-refractivity contribution in [1.29, 1.82) is 0 Å². The number of aromatic hydroxyl groups is 2. The molecular formula is C21H30I2N2O3. The van der Waals surface area contributed by atoms with Crippen molar-refractivity contribution in [3.8, 4) is 11.5 Å². The van der Waals surface area contributed by atoms with Crippen LogP contribution in [0, 0.1) is 0 Å². The molecule has 0 atom stereocenters. The van der Waals surface area contributed by atoms with Crippen LogP contribution in [0.1, 0.15) is 27.0 Å². The Kier molecular flexibility index (Phi) is 9.89. The van der Waals surface area contributed by atoms with Crippen LogP contribution in [0.5, 0.6) is 11.5 Å². The van der Waals surface area contributed by atoms with Gasteiger partial charge < -0.3 is 67.1 Å². The number of halogens is 2. The molecule has 156 valence electrons. The normalized spacial score (nSPS) is 11.4. The maximum absolute atomic E-state index is 12.9. The fraction of sp³-hybridized carbons (Fsp3) is 0.381. The van der Waals surface area contributed by atoms with Crippen LogP contribution in [-0.4, -0.2) is 67.2 Å². The summed E-state index contributed by atoms with van der Waals surface area (Å²) in [6.07, 6.45) is 0. The Balaban J connectivity index is 0.00000364. The maximum Gasteiger partial charge on any atom is 0.193 e. The highest BCUT2D eigenvalue weighted by Crippen LogP contribution is 2.26. The predicted octanol–water partition coefficient (Wildman–Crippen LogP) is -3.25. The van der Waals surface area contributed by atoms with Crippen LogP contribution in [-0.2, 0) is 13.1 Å². The van der Waals surface area contributed by atoms with Crippen LogP contribution in [0.25, 0.3) is 0 Å². The van der Waals surface area contributed by atoms with E-state index in [1.807, 2.05) is 42.3 Å². The summed E-state index contributed by atoms with van der Waals surface area (Å²) in [7, 11) is 12.2. The Hall–Kier alpha value is -0.910. The van der Waals surface area contributed by atoms with E-state index in [9.17, 15) is 15.0 Å². The molecule has 0 unspecified atom stereocenters. The lowest BCUT2D eigenvalue weighted by atomic mass is 9.98. The van der Waals surface area contributed by atoms with Crippen molar-refractivity contribution >= 4 is 5.78 Å². The molecule has 0 amide bonds. The van der Waals surface area contributed by atoms with Gasteiger partial charge in [0, 0.05) is 22.3 Å². The van der Waals surface area contributed by atoms with Crippen LogP contribution < -0.4 is 48.0 Å². The largest absolute Gasteiger partial charge is 1.00 e. The molecule has 0 aliphatic carbocycles. The summed E-state index contributed by atoms with van der Waals surface area (Å²) in [5.74, 6) is 0.285. The number of ketones is 1. The molecule has 0 spiro atoms. The number of hydrogen-bond acceptors (Lipinski definition) is 3. The minimum Gasteiger partial charge on any atom is -1.00 e. The van der Waals surface area contributed by atoms with Gasteiger partial charge in [-0.25, -0.2) is 0 Å². The lowest BCUT2D eigenvalue weighted by molar-refractivity contribution is -0.884. The van der Waals surface area contributed by atoms with Gasteiger partial charge in [0.1, 0.15) is 24.6 Å². The second-order valence-corrected chi connectivity index (χ2v) is 8.91. The van der Waals surface area contributed by atoms with Gasteiger partial charge in [-0.2, -0.15) is 0 Å². The molecule has 0 saturated carbocycles. The zero-order valence-electron chi connectivity index (χ0n) is 17.3. The Labute approximate surface area is 202 Å². The number of nitrogens with zero attached hydrogens (tertiary/aromatic N) is 2. The summed E-state index contributed by atoms with van der Waals surface area (Å²) in [5, 5.41) is 20.2. The Bertz CT molecular complexity index is 758. The predicted molar refractivity (Wildman–Crippen MR) is 103 cm³/mol. The third-order valence-corrected chi connectivity index (χ3v) is 3.97. The number of quaternary nitrogens is 2. The van der Waals surface area contributed by atoms with E-state index in [1.165, 1.54) is 0 Å². The van der Waals surface area contributed by atoms with E-state index >= 15 is 0 Å². The third-order valence-electron chi connectivity index (χ3n) is 3.97. The number of rotatable bonds is 6. The van der Waals surface area contributed by atoms with Gasteiger partial charge in [-0.15, -0.1) is 0 Å². The highest BCUT2D eigenvalue weighted by atomic mass is 127. The first-order valence-corrected chi connectivity index (χ1v) is 8.65. The molecule has 0 aliphatic rings. The molecule has 0 radical (unpaired) electrons. The number of hydrogen-bond donors (Lipinski definition) is 2. The monoisotopic (exact) mass is 612 g/mol. The van der Waals surface area contributed by atoms with Crippen molar-refractivity contribution in [3.05, 3.63) is 58.7 Å². The standard InChI is InChI=1S/C21H28N2O3.2HI/c1-22(2,3)13-17-11-15(7-9-19(17)24)21(26)16-8-10-20(25)18(12-16)14-23(4,5)6;;/h7-12H,13-14H2,1-6H3;2*1H. The van der Waals surface area contributed by atoms with Crippen molar-refractivity contribution in [2.75, 3.05) is 42.3 Å². The number of benzene rings is 2.